The Bertz CT molecular complexity index is 610. The minimum atomic E-state index is -4.32. The van der Waals surface area contributed by atoms with E-state index in [1.165, 1.54) is 12.1 Å². The van der Waals surface area contributed by atoms with Crippen molar-refractivity contribution in [2.75, 3.05) is 20.1 Å². The quantitative estimate of drug-likeness (QED) is 0.508. The maximum Gasteiger partial charge on any atom is 0.416 e. The van der Waals surface area contributed by atoms with Gasteiger partial charge in [0.05, 0.1) is 12.1 Å². The summed E-state index contributed by atoms with van der Waals surface area (Å²) < 4.78 is 38.8. The summed E-state index contributed by atoms with van der Waals surface area (Å²) in [6.07, 6.45) is 3.59. The summed E-state index contributed by atoms with van der Waals surface area (Å²) in [5.41, 5.74) is -0.163. The molecule has 2 rings (SSSR count). The molecule has 3 nitrogen and oxygen atoms in total. The predicted molar refractivity (Wildman–Crippen MR) is 85.2 cm³/mol. The largest absolute Gasteiger partial charge is 0.416 e. The van der Waals surface area contributed by atoms with Crippen LogP contribution in [0.25, 0.3) is 0 Å². The van der Waals surface area contributed by atoms with Gasteiger partial charge < -0.3 is 10.6 Å². The Balaban J connectivity index is 2.14. The van der Waals surface area contributed by atoms with Gasteiger partial charge in [-0.15, -0.1) is 6.42 Å². The Morgan fingerprint density at radius 2 is 2.09 bits per heavy atom. The second-order valence-electron chi connectivity index (χ2n) is 5.70. The van der Waals surface area contributed by atoms with Gasteiger partial charge in [0.15, 0.2) is 5.96 Å². The molecule has 0 unspecified atom stereocenters. The summed E-state index contributed by atoms with van der Waals surface area (Å²) >= 11 is 0. The predicted octanol–water partition coefficient (Wildman–Crippen LogP) is 2.93. The van der Waals surface area contributed by atoms with Gasteiger partial charge in [-0.05, 0) is 24.5 Å². The molecule has 2 N–H and O–H groups in total. The number of alkyl halides is 3. The van der Waals surface area contributed by atoms with Crippen LogP contribution in [-0.2, 0) is 11.6 Å². The monoisotopic (exact) mass is 323 g/mol. The molecule has 0 atom stereocenters. The SMILES string of the molecule is C#CCNC(=NC)NCC1(c2cccc(C(F)(F)F)c2)CCC1. The Kier molecular flexibility index (Phi) is 5.19. The average Bonchev–Trinajstić information content (AvgIpc) is 2.48. The van der Waals surface area contributed by atoms with E-state index in [4.69, 9.17) is 6.42 Å². The summed E-state index contributed by atoms with van der Waals surface area (Å²) in [4.78, 5) is 4.06. The number of rotatable bonds is 4. The molecule has 0 spiro atoms. The van der Waals surface area contributed by atoms with Crippen LogP contribution in [0, 0.1) is 12.3 Å². The maximum absolute atomic E-state index is 12.9. The molecule has 1 fully saturated rings. The Labute approximate surface area is 134 Å². The van der Waals surface area contributed by atoms with Crippen LogP contribution in [0.4, 0.5) is 13.2 Å². The number of terminal acetylenes is 1. The highest BCUT2D eigenvalue weighted by Gasteiger charge is 2.40. The van der Waals surface area contributed by atoms with E-state index < -0.39 is 11.7 Å². The minimum absolute atomic E-state index is 0.283. The van der Waals surface area contributed by atoms with Crippen molar-refractivity contribution >= 4 is 5.96 Å². The molecule has 0 saturated heterocycles. The van der Waals surface area contributed by atoms with E-state index in [2.05, 4.69) is 21.5 Å². The molecule has 0 heterocycles. The summed E-state index contributed by atoms with van der Waals surface area (Å²) in [6, 6.07) is 5.62. The van der Waals surface area contributed by atoms with E-state index in [0.717, 1.165) is 30.9 Å². The fourth-order valence-electron chi connectivity index (χ4n) is 2.80. The highest BCUT2D eigenvalue weighted by Crippen LogP contribution is 2.44. The lowest BCUT2D eigenvalue weighted by Gasteiger charge is -2.43. The first-order valence-corrected chi connectivity index (χ1v) is 7.47. The smallest absolute Gasteiger partial charge is 0.355 e. The average molecular weight is 323 g/mol. The number of hydrogen-bond acceptors (Lipinski definition) is 1. The first kappa shape index (κ1) is 17.2. The molecule has 0 bridgehead atoms. The van der Waals surface area contributed by atoms with Crippen LogP contribution < -0.4 is 10.6 Å². The summed E-state index contributed by atoms with van der Waals surface area (Å²) in [5, 5.41) is 6.12. The second kappa shape index (κ2) is 6.95. The molecule has 0 aliphatic heterocycles. The van der Waals surface area contributed by atoms with E-state index in [1.54, 1.807) is 13.1 Å². The van der Waals surface area contributed by atoms with Crippen LogP contribution in [0.3, 0.4) is 0 Å². The Hall–Kier alpha value is -2.16. The van der Waals surface area contributed by atoms with Gasteiger partial charge in [-0.3, -0.25) is 4.99 Å². The van der Waals surface area contributed by atoms with Gasteiger partial charge >= 0.3 is 6.18 Å². The first-order valence-electron chi connectivity index (χ1n) is 7.47. The van der Waals surface area contributed by atoms with Gasteiger partial charge in [0, 0.05) is 19.0 Å². The maximum atomic E-state index is 12.9. The number of aliphatic imine (C=N–C) groups is 1. The molecule has 23 heavy (non-hydrogen) atoms. The van der Waals surface area contributed by atoms with Gasteiger partial charge in [0.1, 0.15) is 0 Å². The van der Waals surface area contributed by atoms with Crippen molar-refractivity contribution in [1.29, 1.82) is 0 Å². The van der Waals surface area contributed by atoms with Crippen molar-refractivity contribution in [2.24, 2.45) is 4.99 Å². The van der Waals surface area contributed by atoms with Crippen LogP contribution in [0.5, 0.6) is 0 Å². The van der Waals surface area contributed by atoms with Crippen molar-refractivity contribution < 1.29 is 13.2 Å². The van der Waals surface area contributed by atoms with Gasteiger partial charge in [-0.2, -0.15) is 13.2 Å². The number of nitrogens with one attached hydrogen (secondary N) is 2. The van der Waals surface area contributed by atoms with Gasteiger partial charge in [-0.25, -0.2) is 0 Å². The van der Waals surface area contributed by atoms with Gasteiger partial charge in [0.2, 0.25) is 0 Å². The van der Waals surface area contributed by atoms with Crippen LogP contribution in [-0.4, -0.2) is 26.1 Å². The summed E-state index contributed by atoms with van der Waals surface area (Å²) in [5.74, 6) is 3.01. The number of benzene rings is 1. The second-order valence-corrected chi connectivity index (χ2v) is 5.70. The molecule has 1 aromatic carbocycles. The van der Waals surface area contributed by atoms with Crippen LogP contribution in [0.1, 0.15) is 30.4 Å². The molecule has 1 saturated carbocycles. The van der Waals surface area contributed by atoms with Crippen LogP contribution >= 0.6 is 0 Å². The van der Waals surface area contributed by atoms with E-state index in [9.17, 15) is 13.2 Å². The van der Waals surface area contributed by atoms with E-state index >= 15 is 0 Å². The van der Waals surface area contributed by atoms with Crippen molar-refractivity contribution in [3.05, 3.63) is 35.4 Å². The zero-order valence-electron chi connectivity index (χ0n) is 13.0. The lowest BCUT2D eigenvalue weighted by atomic mass is 9.64. The lowest BCUT2D eigenvalue weighted by Crippen LogP contribution is -2.49. The highest BCUT2D eigenvalue weighted by molar-refractivity contribution is 5.80. The minimum Gasteiger partial charge on any atom is -0.355 e. The third-order valence-electron chi connectivity index (χ3n) is 4.29. The molecular formula is C17H20F3N3. The standard InChI is InChI=1S/C17H20F3N3/c1-3-10-22-15(21-2)23-12-16(8-5-9-16)13-6-4-7-14(11-13)17(18,19)20/h1,4,6-7,11H,5,8-10,12H2,2H3,(H2,21,22,23). The number of nitrogens with zero attached hydrogens (tertiary/aromatic N) is 1. The normalized spacial score (nSPS) is 17.1. The molecule has 6 heteroatoms. The third kappa shape index (κ3) is 3.98. The fraction of sp³-hybridized carbons (Fsp3) is 0.471. The van der Waals surface area contributed by atoms with Gasteiger partial charge in [0.25, 0.3) is 0 Å². The molecule has 1 aliphatic carbocycles. The van der Waals surface area contributed by atoms with E-state index in [-0.39, 0.29) is 5.41 Å². The van der Waals surface area contributed by atoms with Gasteiger partial charge in [-0.1, -0.05) is 30.5 Å². The zero-order valence-corrected chi connectivity index (χ0v) is 13.0. The molecular weight excluding hydrogens is 303 g/mol. The van der Waals surface area contributed by atoms with Crippen molar-refractivity contribution in [1.82, 2.24) is 10.6 Å². The molecule has 1 aromatic rings. The Morgan fingerprint density at radius 1 is 1.35 bits per heavy atom. The third-order valence-corrected chi connectivity index (χ3v) is 4.29. The molecule has 0 aromatic heterocycles. The van der Waals surface area contributed by atoms with Crippen LogP contribution in [0.15, 0.2) is 29.3 Å². The summed E-state index contributed by atoms with van der Waals surface area (Å²) in [7, 11) is 1.63. The van der Waals surface area contributed by atoms with Crippen LogP contribution in [0.2, 0.25) is 0 Å². The zero-order chi connectivity index (χ0) is 16.9. The van der Waals surface area contributed by atoms with Crippen molar-refractivity contribution in [3.63, 3.8) is 0 Å². The van der Waals surface area contributed by atoms with E-state index in [0.29, 0.717) is 19.0 Å². The Morgan fingerprint density at radius 3 is 2.61 bits per heavy atom. The van der Waals surface area contributed by atoms with E-state index in [1.807, 2.05) is 0 Å². The van der Waals surface area contributed by atoms with Crippen molar-refractivity contribution in [2.45, 2.75) is 30.9 Å². The summed E-state index contributed by atoms with van der Waals surface area (Å²) in [6.45, 7) is 0.870. The number of hydrogen-bond donors (Lipinski definition) is 2. The lowest BCUT2D eigenvalue weighted by molar-refractivity contribution is -0.137. The highest BCUT2D eigenvalue weighted by atomic mass is 19.4. The molecule has 0 amide bonds. The first-order chi connectivity index (χ1) is 10.9. The molecule has 0 radical (unpaired) electrons. The fourth-order valence-corrected chi connectivity index (χ4v) is 2.80. The molecule has 1 aliphatic rings. The number of halogens is 3. The topological polar surface area (TPSA) is 36.4 Å². The number of guanidine groups is 1. The van der Waals surface area contributed by atoms with Crippen molar-refractivity contribution in [3.8, 4) is 12.3 Å². The molecule has 124 valence electrons.